The number of nitrogens with zero attached hydrogens (tertiary/aromatic N) is 3. The van der Waals surface area contributed by atoms with Gasteiger partial charge in [0.15, 0.2) is 5.82 Å². The second-order valence-electron chi connectivity index (χ2n) is 4.56. The summed E-state index contributed by atoms with van der Waals surface area (Å²) in [6.45, 7) is 6.04. The first-order valence-corrected chi connectivity index (χ1v) is 7.70. The van der Waals surface area contributed by atoms with Gasteiger partial charge in [-0.1, -0.05) is 6.92 Å². The largest absolute Gasteiger partial charge is 0.381 e. The lowest BCUT2D eigenvalue weighted by molar-refractivity contribution is 0.595. The minimum Gasteiger partial charge on any atom is -0.381 e. The molecule has 8 nitrogen and oxygen atoms in total. The van der Waals surface area contributed by atoms with Crippen LogP contribution in [0.2, 0.25) is 0 Å². The fraction of sp³-hybridized carbons (Fsp3) is 0.455. The fourth-order valence-corrected chi connectivity index (χ4v) is 3.12. The van der Waals surface area contributed by atoms with Crippen LogP contribution in [0.25, 0.3) is 0 Å². The third kappa shape index (κ3) is 2.62. The fourth-order valence-electron chi connectivity index (χ4n) is 1.86. The van der Waals surface area contributed by atoms with Crippen LogP contribution < -0.4 is 10.5 Å². The summed E-state index contributed by atoms with van der Waals surface area (Å²) in [5, 5.41) is 10.7. The number of aryl methyl sites for hydroxylation is 3. The number of nitrogens with one attached hydrogen (secondary N) is 2. The number of hydrogen-bond acceptors (Lipinski definition) is 5. The molecule has 2 aromatic rings. The van der Waals surface area contributed by atoms with Crippen molar-refractivity contribution in [2.75, 3.05) is 10.5 Å². The quantitative estimate of drug-likeness (QED) is 0.761. The zero-order valence-electron chi connectivity index (χ0n) is 11.6. The lowest BCUT2D eigenvalue weighted by Gasteiger charge is -2.06. The van der Waals surface area contributed by atoms with Crippen LogP contribution in [0.15, 0.2) is 11.1 Å². The van der Waals surface area contributed by atoms with Gasteiger partial charge >= 0.3 is 0 Å². The van der Waals surface area contributed by atoms with Gasteiger partial charge in [-0.2, -0.15) is 10.2 Å². The summed E-state index contributed by atoms with van der Waals surface area (Å²) in [5.41, 5.74) is 7.34. The number of sulfonamides is 1. The molecule has 0 saturated heterocycles. The Morgan fingerprint density at radius 2 is 2.15 bits per heavy atom. The number of hydrogen-bond donors (Lipinski definition) is 3. The van der Waals surface area contributed by atoms with E-state index in [4.69, 9.17) is 5.73 Å². The molecule has 0 aliphatic rings. The molecule has 110 valence electrons. The second-order valence-corrected chi connectivity index (χ2v) is 6.21. The van der Waals surface area contributed by atoms with Gasteiger partial charge < -0.3 is 5.73 Å². The smallest absolute Gasteiger partial charge is 0.267 e. The Morgan fingerprint density at radius 3 is 2.70 bits per heavy atom. The molecule has 2 heterocycles. The van der Waals surface area contributed by atoms with Crippen molar-refractivity contribution < 1.29 is 8.42 Å². The number of H-pyrrole nitrogens is 1. The zero-order valence-corrected chi connectivity index (χ0v) is 12.5. The van der Waals surface area contributed by atoms with Gasteiger partial charge in [0.2, 0.25) is 0 Å². The van der Waals surface area contributed by atoms with Crippen molar-refractivity contribution in [3.63, 3.8) is 0 Å². The molecule has 2 aromatic heterocycles. The summed E-state index contributed by atoms with van der Waals surface area (Å²) in [7, 11) is -3.77. The lowest BCUT2D eigenvalue weighted by Crippen LogP contribution is -2.14. The minimum atomic E-state index is -3.77. The number of anilines is 2. The molecular formula is C11H18N6O2S. The van der Waals surface area contributed by atoms with E-state index in [-0.39, 0.29) is 10.7 Å². The Morgan fingerprint density at radius 1 is 1.45 bits per heavy atom. The summed E-state index contributed by atoms with van der Waals surface area (Å²) < 4.78 is 28.7. The third-order valence-electron chi connectivity index (χ3n) is 2.86. The molecule has 2 rings (SSSR count). The molecule has 0 aliphatic carbocycles. The molecule has 0 aromatic carbocycles. The zero-order chi connectivity index (χ0) is 14.9. The number of nitrogens with two attached hydrogens (primary N) is 1. The van der Waals surface area contributed by atoms with E-state index in [0.29, 0.717) is 23.6 Å². The first kappa shape index (κ1) is 14.4. The molecule has 9 heteroatoms. The molecule has 0 fully saturated rings. The topological polar surface area (TPSA) is 119 Å². The van der Waals surface area contributed by atoms with Crippen molar-refractivity contribution in [3.05, 3.63) is 17.6 Å². The van der Waals surface area contributed by atoms with E-state index in [0.717, 1.165) is 6.42 Å². The maximum Gasteiger partial charge on any atom is 0.267 e. The van der Waals surface area contributed by atoms with Gasteiger partial charge in [0.25, 0.3) is 10.0 Å². The minimum absolute atomic E-state index is 0.00949. The lowest BCUT2D eigenvalue weighted by atomic mass is 10.3. The maximum atomic E-state index is 12.4. The average Bonchev–Trinajstić information content (AvgIpc) is 2.87. The van der Waals surface area contributed by atoms with E-state index < -0.39 is 10.0 Å². The van der Waals surface area contributed by atoms with Crippen LogP contribution in [0.4, 0.5) is 11.5 Å². The highest BCUT2D eigenvalue weighted by molar-refractivity contribution is 7.92. The molecular weight excluding hydrogens is 280 g/mol. The van der Waals surface area contributed by atoms with Gasteiger partial charge in [-0.25, -0.2) is 8.42 Å². The highest BCUT2D eigenvalue weighted by atomic mass is 32.2. The summed E-state index contributed by atoms with van der Waals surface area (Å²) >= 11 is 0. The van der Waals surface area contributed by atoms with Gasteiger partial charge in [-0.05, 0) is 20.3 Å². The predicted molar refractivity (Wildman–Crippen MR) is 75.8 cm³/mol. The molecule has 4 N–H and O–H groups in total. The van der Waals surface area contributed by atoms with E-state index in [1.807, 2.05) is 6.92 Å². The van der Waals surface area contributed by atoms with Crippen molar-refractivity contribution >= 4 is 21.5 Å². The van der Waals surface area contributed by atoms with E-state index in [1.54, 1.807) is 13.8 Å². The molecule has 0 radical (unpaired) electrons. The van der Waals surface area contributed by atoms with Crippen molar-refractivity contribution in [1.29, 1.82) is 0 Å². The molecule has 0 saturated carbocycles. The Hall–Kier alpha value is -2.03. The van der Waals surface area contributed by atoms with E-state index in [2.05, 4.69) is 20.0 Å². The van der Waals surface area contributed by atoms with Crippen LogP contribution in [-0.4, -0.2) is 28.4 Å². The normalized spacial score (nSPS) is 11.8. The summed E-state index contributed by atoms with van der Waals surface area (Å²) in [5.74, 6) is -0.00949. The second kappa shape index (κ2) is 5.16. The third-order valence-corrected chi connectivity index (χ3v) is 4.23. The monoisotopic (exact) mass is 298 g/mol. The first-order chi connectivity index (χ1) is 9.35. The highest BCUT2D eigenvalue weighted by Crippen LogP contribution is 2.23. The summed E-state index contributed by atoms with van der Waals surface area (Å²) in [4.78, 5) is -0.0223. The summed E-state index contributed by atoms with van der Waals surface area (Å²) in [6, 6.07) is 0. The van der Waals surface area contributed by atoms with Crippen LogP contribution in [0.5, 0.6) is 0 Å². The molecule has 0 spiro atoms. The number of aromatic nitrogens is 4. The molecule has 0 bridgehead atoms. The molecule has 0 amide bonds. The van der Waals surface area contributed by atoms with Gasteiger partial charge in [-0.15, -0.1) is 0 Å². The van der Waals surface area contributed by atoms with Crippen LogP contribution in [0.1, 0.15) is 24.7 Å². The van der Waals surface area contributed by atoms with Crippen molar-refractivity contribution in [2.24, 2.45) is 0 Å². The Balaban J connectivity index is 2.36. The Labute approximate surface area is 117 Å². The van der Waals surface area contributed by atoms with Gasteiger partial charge in [0, 0.05) is 12.7 Å². The predicted octanol–water partition coefficient (Wildman–Crippen LogP) is 1.02. The van der Waals surface area contributed by atoms with Gasteiger partial charge in [0.05, 0.1) is 17.1 Å². The molecule has 0 aliphatic heterocycles. The van der Waals surface area contributed by atoms with Crippen LogP contribution in [-0.2, 0) is 16.6 Å². The van der Waals surface area contributed by atoms with E-state index in [9.17, 15) is 8.42 Å². The van der Waals surface area contributed by atoms with Crippen LogP contribution in [0, 0.1) is 13.8 Å². The van der Waals surface area contributed by atoms with E-state index in [1.165, 1.54) is 10.9 Å². The Bertz CT molecular complexity index is 696. The molecule has 20 heavy (non-hydrogen) atoms. The number of nitrogen functional groups attached to an aromatic ring is 1. The highest BCUT2D eigenvalue weighted by Gasteiger charge is 2.23. The van der Waals surface area contributed by atoms with Gasteiger partial charge in [0.1, 0.15) is 4.90 Å². The average molecular weight is 298 g/mol. The van der Waals surface area contributed by atoms with Crippen molar-refractivity contribution in [2.45, 2.75) is 38.6 Å². The standard InChI is InChI=1S/C11H18N6O2S/c1-4-5-17-6-9(11(12)15-17)20(18,19)16-10-7(2)13-14-8(10)3/h6,16H,4-5H2,1-3H3,(H2,12,15)(H,13,14). The maximum absolute atomic E-state index is 12.4. The van der Waals surface area contributed by atoms with Gasteiger partial charge in [-0.3, -0.25) is 14.5 Å². The number of aromatic amines is 1. The Kier molecular flexibility index (Phi) is 3.71. The van der Waals surface area contributed by atoms with Crippen LogP contribution in [0.3, 0.4) is 0 Å². The van der Waals surface area contributed by atoms with Crippen molar-refractivity contribution in [1.82, 2.24) is 20.0 Å². The SMILES string of the molecule is CCCn1cc(S(=O)(=O)Nc2c(C)n[nH]c2C)c(N)n1. The molecule has 0 unspecified atom stereocenters. The van der Waals surface area contributed by atoms with E-state index >= 15 is 0 Å². The molecule has 0 atom stereocenters. The summed E-state index contributed by atoms with van der Waals surface area (Å²) in [6.07, 6.45) is 2.28. The van der Waals surface area contributed by atoms with Crippen LogP contribution >= 0.6 is 0 Å². The number of rotatable bonds is 5. The first-order valence-electron chi connectivity index (χ1n) is 6.22. The van der Waals surface area contributed by atoms with Crippen molar-refractivity contribution in [3.8, 4) is 0 Å².